The molecule has 1 aromatic heterocycles. The monoisotopic (exact) mass is 241 g/mol. The predicted octanol–water partition coefficient (Wildman–Crippen LogP) is 2.49. The molecule has 0 aliphatic rings. The number of benzene rings is 1. The Morgan fingerprint density at radius 2 is 1.83 bits per heavy atom. The van der Waals surface area contributed by atoms with Gasteiger partial charge in [-0.3, -0.25) is 0 Å². The lowest BCUT2D eigenvalue weighted by molar-refractivity contribution is 0.769. The molecule has 18 heavy (non-hydrogen) atoms. The summed E-state index contributed by atoms with van der Waals surface area (Å²) in [5.41, 5.74) is 12.1. The van der Waals surface area contributed by atoms with Gasteiger partial charge in [-0.05, 0) is 43.5 Å². The summed E-state index contributed by atoms with van der Waals surface area (Å²) in [4.78, 5) is 8.30. The minimum atomic E-state index is 0.147. The maximum Gasteiger partial charge on any atom is 0.115 e. The van der Waals surface area contributed by atoms with Gasteiger partial charge in [-0.1, -0.05) is 17.7 Å². The molecule has 0 amide bonds. The number of hydrogen-bond donors (Lipinski definition) is 1. The minimum Gasteiger partial charge on any atom is -0.329 e. The Balaban J connectivity index is 2.52. The highest BCUT2D eigenvalue weighted by Crippen LogP contribution is 2.28. The van der Waals surface area contributed by atoms with Gasteiger partial charge in [-0.2, -0.15) is 0 Å². The first-order valence-corrected chi connectivity index (χ1v) is 6.17. The highest BCUT2D eigenvalue weighted by atomic mass is 14.8. The molecule has 0 radical (unpaired) electrons. The van der Waals surface area contributed by atoms with E-state index in [1.54, 1.807) is 12.5 Å². The van der Waals surface area contributed by atoms with Gasteiger partial charge in [0.2, 0.25) is 0 Å². The second kappa shape index (κ2) is 5.27. The molecule has 1 heterocycles. The van der Waals surface area contributed by atoms with Gasteiger partial charge in [0, 0.05) is 18.7 Å². The van der Waals surface area contributed by atoms with Crippen molar-refractivity contribution in [1.29, 1.82) is 0 Å². The Labute approximate surface area is 108 Å². The molecule has 0 saturated carbocycles. The van der Waals surface area contributed by atoms with Crippen LogP contribution in [0.2, 0.25) is 0 Å². The van der Waals surface area contributed by atoms with Crippen molar-refractivity contribution in [3.8, 4) is 0 Å². The van der Waals surface area contributed by atoms with Crippen LogP contribution in [0.5, 0.6) is 0 Å². The van der Waals surface area contributed by atoms with Crippen molar-refractivity contribution >= 4 is 0 Å². The lowest BCUT2D eigenvalue weighted by Crippen LogP contribution is -2.17. The molecule has 1 atom stereocenters. The van der Waals surface area contributed by atoms with Gasteiger partial charge in [-0.25, -0.2) is 9.97 Å². The van der Waals surface area contributed by atoms with Crippen LogP contribution in [-0.2, 0) is 0 Å². The molecular formula is C15H19N3. The standard InChI is InChI=1S/C15H19N3/c1-10-6-11(2)15(12(3)7-10)13(8-16)14-4-5-17-9-18-14/h4-7,9,13H,8,16H2,1-3H3. The van der Waals surface area contributed by atoms with E-state index in [1.807, 2.05) is 6.07 Å². The van der Waals surface area contributed by atoms with Crippen LogP contribution < -0.4 is 5.73 Å². The largest absolute Gasteiger partial charge is 0.329 e. The summed E-state index contributed by atoms with van der Waals surface area (Å²) in [6, 6.07) is 6.34. The second-order valence-electron chi connectivity index (χ2n) is 4.73. The summed E-state index contributed by atoms with van der Waals surface area (Å²) in [6.45, 7) is 6.95. The smallest absolute Gasteiger partial charge is 0.115 e. The fourth-order valence-electron chi connectivity index (χ4n) is 2.63. The van der Waals surface area contributed by atoms with E-state index in [-0.39, 0.29) is 5.92 Å². The number of rotatable bonds is 3. The SMILES string of the molecule is Cc1cc(C)c(C(CN)c2ccncn2)c(C)c1. The number of nitrogens with two attached hydrogens (primary N) is 1. The van der Waals surface area contributed by atoms with Gasteiger partial charge >= 0.3 is 0 Å². The Kier molecular flexibility index (Phi) is 3.72. The highest BCUT2D eigenvalue weighted by Gasteiger charge is 2.18. The zero-order valence-corrected chi connectivity index (χ0v) is 11.1. The van der Waals surface area contributed by atoms with E-state index >= 15 is 0 Å². The van der Waals surface area contributed by atoms with Crippen LogP contribution >= 0.6 is 0 Å². The second-order valence-corrected chi connectivity index (χ2v) is 4.73. The van der Waals surface area contributed by atoms with Gasteiger partial charge in [0.25, 0.3) is 0 Å². The van der Waals surface area contributed by atoms with E-state index in [1.165, 1.54) is 22.3 Å². The van der Waals surface area contributed by atoms with E-state index in [4.69, 9.17) is 5.73 Å². The van der Waals surface area contributed by atoms with E-state index < -0.39 is 0 Å². The number of nitrogens with zero attached hydrogens (tertiary/aromatic N) is 2. The average molecular weight is 241 g/mol. The van der Waals surface area contributed by atoms with Crippen LogP contribution in [0.15, 0.2) is 30.7 Å². The van der Waals surface area contributed by atoms with E-state index in [9.17, 15) is 0 Å². The molecule has 2 aromatic rings. The third-order valence-electron chi connectivity index (χ3n) is 3.28. The summed E-state index contributed by atoms with van der Waals surface area (Å²) in [6.07, 6.45) is 3.35. The van der Waals surface area contributed by atoms with Crippen molar-refractivity contribution in [2.45, 2.75) is 26.7 Å². The normalized spacial score (nSPS) is 12.4. The fraction of sp³-hybridized carbons (Fsp3) is 0.333. The molecule has 0 spiro atoms. The van der Waals surface area contributed by atoms with Crippen LogP contribution in [0.25, 0.3) is 0 Å². The molecule has 3 heteroatoms. The molecule has 2 N–H and O–H groups in total. The van der Waals surface area contributed by atoms with E-state index in [0.717, 1.165) is 5.69 Å². The lowest BCUT2D eigenvalue weighted by atomic mass is 9.87. The highest BCUT2D eigenvalue weighted by molar-refractivity contribution is 5.43. The van der Waals surface area contributed by atoms with Gasteiger partial charge in [-0.15, -0.1) is 0 Å². The molecule has 2 rings (SSSR count). The molecule has 0 aliphatic carbocycles. The molecule has 3 nitrogen and oxygen atoms in total. The van der Waals surface area contributed by atoms with Gasteiger partial charge in [0.15, 0.2) is 0 Å². The Hall–Kier alpha value is -1.74. The van der Waals surface area contributed by atoms with Crippen molar-refractivity contribution < 1.29 is 0 Å². The van der Waals surface area contributed by atoms with Crippen molar-refractivity contribution in [2.24, 2.45) is 5.73 Å². The van der Waals surface area contributed by atoms with E-state index in [0.29, 0.717) is 6.54 Å². The molecule has 0 saturated heterocycles. The summed E-state index contributed by atoms with van der Waals surface area (Å²) in [5, 5.41) is 0. The van der Waals surface area contributed by atoms with Crippen molar-refractivity contribution in [2.75, 3.05) is 6.54 Å². The predicted molar refractivity (Wildman–Crippen MR) is 73.6 cm³/mol. The zero-order chi connectivity index (χ0) is 13.1. The first-order valence-electron chi connectivity index (χ1n) is 6.17. The Morgan fingerprint density at radius 3 is 2.33 bits per heavy atom. The Morgan fingerprint density at radius 1 is 1.17 bits per heavy atom. The van der Waals surface area contributed by atoms with Gasteiger partial charge < -0.3 is 5.73 Å². The molecule has 0 bridgehead atoms. The number of aromatic nitrogens is 2. The van der Waals surface area contributed by atoms with Crippen LogP contribution in [0, 0.1) is 20.8 Å². The summed E-state index contributed by atoms with van der Waals surface area (Å²) < 4.78 is 0. The van der Waals surface area contributed by atoms with Crippen LogP contribution in [-0.4, -0.2) is 16.5 Å². The zero-order valence-electron chi connectivity index (χ0n) is 11.1. The fourth-order valence-corrected chi connectivity index (χ4v) is 2.63. The topological polar surface area (TPSA) is 51.8 Å². The van der Waals surface area contributed by atoms with E-state index in [2.05, 4.69) is 42.9 Å². The van der Waals surface area contributed by atoms with Gasteiger partial charge in [0.05, 0.1) is 5.69 Å². The van der Waals surface area contributed by atoms with Crippen molar-refractivity contribution in [3.63, 3.8) is 0 Å². The number of hydrogen-bond acceptors (Lipinski definition) is 3. The third-order valence-corrected chi connectivity index (χ3v) is 3.28. The molecular weight excluding hydrogens is 222 g/mol. The molecule has 1 unspecified atom stereocenters. The summed E-state index contributed by atoms with van der Waals surface area (Å²) in [7, 11) is 0. The van der Waals surface area contributed by atoms with Crippen LogP contribution in [0.1, 0.15) is 33.9 Å². The average Bonchev–Trinajstić information content (AvgIpc) is 2.34. The quantitative estimate of drug-likeness (QED) is 0.898. The first kappa shape index (κ1) is 12.7. The molecule has 0 fully saturated rings. The lowest BCUT2D eigenvalue weighted by Gasteiger charge is -2.20. The first-order chi connectivity index (χ1) is 8.63. The maximum absolute atomic E-state index is 5.95. The van der Waals surface area contributed by atoms with Crippen molar-refractivity contribution in [3.05, 3.63) is 58.7 Å². The third kappa shape index (κ3) is 2.41. The molecule has 1 aromatic carbocycles. The summed E-state index contributed by atoms with van der Waals surface area (Å²) in [5.74, 6) is 0.147. The van der Waals surface area contributed by atoms with Crippen LogP contribution in [0.3, 0.4) is 0 Å². The summed E-state index contributed by atoms with van der Waals surface area (Å²) >= 11 is 0. The minimum absolute atomic E-state index is 0.147. The molecule has 94 valence electrons. The Bertz CT molecular complexity index is 512. The molecule has 0 aliphatic heterocycles. The maximum atomic E-state index is 5.95. The van der Waals surface area contributed by atoms with Gasteiger partial charge in [0.1, 0.15) is 6.33 Å². The van der Waals surface area contributed by atoms with Crippen LogP contribution in [0.4, 0.5) is 0 Å². The van der Waals surface area contributed by atoms with Crippen molar-refractivity contribution in [1.82, 2.24) is 9.97 Å². The number of aryl methyl sites for hydroxylation is 3.